The van der Waals surface area contributed by atoms with Crippen LogP contribution in [0.1, 0.15) is 29.7 Å². The number of pyridine rings is 1. The van der Waals surface area contributed by atoms with Crippen LogP contribution in [0.15, 0.2) is 35.7 Å². The highest BCUT2D eigenvalue weighted by Crippen LogP contribution is 2.33. The molecule has 9 heteroatoms. The maximum atomic E-state index is 12.4. The third-order valence-electron chi connectivity index (χ3n) is 5.17. The molecule has 1 atom stereocenters. The summed E-state index contributed by atoms with van der Waals surface area (Å²) in [5, 5.41) is 10.9. The number of ether oxygens (including phenoxy) is 2. The summed E-state index contributed by atoms with van der Waals surface area (Å²) >= 11 is 1.41. The van der Waals surface area contributed by atoms with Gasteiger partial charge in [0.25, 0.3) is 11.1 Å². The molecule has 4 aromatic rings. The van der Waals surface area contributed by atoms with Crippen LogP contribution >= 0.6 is 11.3 Å². The lowest BCUT2D eigenvalue weighted by Crippen LogP contribution is -2.31. The quantitative estimate of drug-likeness (QED) is 0.457. The molecule has 166 valence electrons. The van der Waals surface area contributed by atoms with Crippen molar-refractivity contribution in [3.8, 4) is 22.5 Å². The minimum Gasteiger partial charge on any atom is -0.473 e. The van der Waals surface area contributed by atoms with Crippen LogP contribution in [0.5, 0.6) is 11.1 Å². The average molecular weight is 452 g/mol. The summed E-state index contributed by atoms with van der Waals surface area (Å²) in [6.07, 6.45) is 0. The average Bonchev–Trinajstić information content (AvgIpc) is 3.37. The first-order valence-corrected chi connectivity index (χ1v) is 11.1. The van der Waals surface area contributed by atoms with E-state index in [0.717, 1.165) is 27.9 Å². The van der Waals surface area contributed by atoms with Crippen molar-refractivity contribution in [1.29, 1.82) is 0 Å². The second kappa shape index (κ2) is 8.96. The molecule has 3 heterocycles. The highest BCUT2D eigenvalue weighted by Gasteiger charge is 2.19. The number of rotatable bonds is 7. The highest BCUT2D eigenvalue weighted by molar-refractivity contribution is 7.11. The van der Waals surface area contributed by atoms with Gasteiger partial charge in [0.2, 0.25) is 5.88 Å². The Balaban J connectivity index is 1.48. The van der Waals surface area contributed by atoms with Crippen LogP contribution in [0.2, 0.25) is 0 Å². The number of nitrogens with one attached hydrogen (secondary N) is 1. The van der Waals surface area contributed by atoms with Crippen LogP contribution in [-0.4, -0.2) is 39.4 Å². The number of amides is 1. The van der Waals surface area contributed by atoms with Gasteiger partial charge in [0, 0.05) is 18.5 Å². The van der Waals surface area contributed by atoms with Gasteiger partial charge in [-0.25, -0.2) is 9.67 Å². The van der Waals surface area contributed by atoms with Crippen molar-refractivity contribution in [1.82, 2.24) is 25.1 Å². The van der Waals surface area contributed by atoms with E-state index in [1.54, 1.807) is 11.8 Å². The molecule has 0 bridgehead atoms. The van der Waals surface area contributed by atoms with Crippen LogP contribution in [0.3, 0.4) is 0 Å². The van der Waals surface area contributed by atoms with E-state index in [-0.39, 0.29) is 18.6 Å². The van der Waals surface area contributed by atoms with E-state index in [4.69, 9.17) is 9.47 Å². The van der Waals surface area contributed by atoms with Crippen LogP contribution in [0, 0.1) is 13.8 Å². The van der Waals surface area contributed by atoms with Crippen LogP contribution in [-0.2, 0) is 11.8 Å². The van der Waals surface area contributed by atoms with E-state index in [1.807, 2.05) is 63.5 Å². The lowest BCUT2D eigenvalue weighted by atomic mass is 10.1. The van der Waals surface area contributed by atoms with Crippen molar-refractivity contribution in [2.75, 3.05) is 13.7 Å². The van der Waals surface area contributed by atoms with E-state index in [2.05, 4.69) is 20.4 Å². The number of thiazole rings is 1. The van der Waals surface area contributed by atoms with Gasteiger partial charge < -0.3 is 14.8 Å². The first-order chi connectivity index (χ1) is 15.4. The van der Waals surface area contributed by atoms with Crippen LogP contribution in [0.4, 0.5) is 0 Å². The van der Waals surface area contributed by atoms with Crippen LogP contribution < -0.4 is 14.8 Å². The molecule has 32 heavy (non-hydrogen) atoms. The summed E-state index contributed by atoms with van der Waals surface area (Å²) in [5.41, 5.74) is 5.30. The fourth-order valence-electron chi connectivity index (χ4n) is 3.47. The van der Waals surface area contributed by atoms with E-state index in [9.17, 15) is 4.79 Å². The predicted octanol–water partition coefficient (Wildman–Crippen LogP) is 3.97. The summed E-state index contributed by atoms with van der Waals surface area (Å²) in [7, 11) is 3.41. The Hall–Kier alpha value is -3.46. The zero-order chi connectivity index (χ0) is 22.8. The van der Waals surface area contributed by atoms with Gasteiger partial charge in [-0.15, -0.1) is 0 Å². The number of carbonyl (C=O) groups is 1. The van der Waals surface area contributed by atoms with E-state index in [1.165, 1.54) is 16.9 Å². The molecule has 0 spiro atoms. The van der Waals surface area contributed by atoms with Gasteiger partial charge in [0.05, 0.1) is 18.5 Å². The molecule has 1 N–H and O–H groups in total. The lowest BCUT2D eigenvalue weighted by molar-refractivity contribution is -0.123. The molecule has 8 nitrogen and oxygen atoms in total. The Bertz CT molecular complexity index is 1260. The maximum Gasteiger partial charge on any atom is 0.273 e. The Labute approximate surface area is 190 Å². The second-order valence-electron chi connectivity index (χ2n) is 7.64. The summed E-state index contributed by atoms with van der Waals surface area (Å²) in [6.45, 7) is 5.82. The maximum absolute atomic E-state index is 12.4. The molecule has 1 unspecified atom stereocenters. The molecule has 0 aliphatic carbocycles. The fraction of sp³-hybridized carbons (Fsp3) is 0.304. The monoisotopic (exact) mass is 451 g/mol. The third-order valence-corrected chi connectivity index (χ3v) is 5.97. The molecule has 0 radical (unpaired) electrons. The third kappa shape index (κ3) is 4.43. The molecule has 1 aromatic carbocycles. The van der Waals surface area contributed by atoms with Crippen molar-refractivity contribution in [3.63, 3.8) is 0 Å². The molecule has 4 rings (SSSR count). The number of hydrogen-bond acceptors (Lipinski definition) is 7. The smallest absolute Gasteiger partial charge is 0.273 e. The van der Waals surface area contributed by atoms with E-state index in [0.29, 0.717) is 16.7 Å². The fourth-order valence-corrected chi connectivity index (χ4v) is 4.10. The Morgan fingerprint density at radius 2 is 1.97 bits per heavy atom. The van der Waals surface area contributed by atoms with Gasteiger partial charge in [-0.3, -0.25) is 4.79 Å². The number of nitrogens with zero attached hydrogens (tertiary/aromatic N) is 4. The highest BCUT2D eigenvalue weighted by atomic mass is 32.1. The first-order valence-electron chi connectivity index (χ1n) is 10.2. The summed E-state index contributed by atoms with van der Waals surface area (Å²) in [4.78, 5) is 21.4. The largest absolute Gasteiger partial charge is 0.473 e. The van der Waals surface area contributed by atoms with Crippen molar-refractivity contribution < 1.29 is 14.3 Å². The molecular weight excluding hydrogens is 426 g/mol. The molecule has 0 fully saturated rings. The minimum atomic E-state index is -0.210. The number of hydrogen-bond donors (Lipinski definition) is 1. The predicted molar refractivity (Wildman–Crippen MR) is 124 cm³/mol. The lowest BCUT2D eigenvalue weighted by Gasteiger charge is -2.15. The number of aromatic nitrogens is 4. The second-order valence-corrected chi connectivity index (χ2v) is 8.46. The number of fused-ring (bicyclic) bond motifs is 1. The molecule has 0 saturated carbocycles. The first kappa shape index (κ1) is 21.8. The summed E-state index contributed by atoms with van der Waals surface area (Å²) < 4.78 is 12.6. The minimum absolute atomic E-state index is 0.112. The summed E-state index contributed by atoms with van der Waals surface area (Å²) in [6, 6.07) is 9.78. The van der Waals surface area contributed by atoms with Gasteiger partial charge in [-0.1, -0.05) is 41.2 Å². The number of aryl methyl sites for hydroxylation is 3. The Morgan fingerprint density at radius 3 is 2.66 bits per heavy atom. The molecule has 0 aliphatic heterocycles. The molecular formula is C23H25N5O3S. The normalized spacial score (nSPS) is 12.0. The molecule has 0 aliphatic rings. The van der Waals surface area contributed by atoms with E-state index >= 15 is 0 Å². The molecule has 0 saturated heterocycles. The van der Waals surface area contributed by atoms with Gasteiger partial charge in [-0.05, 0) is 31.9 Å². The number of carbonyl (C=O) groups excluding carboxylic acids is 1. The topological polar surface area (TPSA) is 91.2 Å². The van der Waals surface area contributed by atoms with Gasteiger partial charge >= 0.3 is 0 Å². The van der Waals surface area contributed by atoms with Gasteiger partial charge in [0.1, 0.15) is 11.4 Å². The molecule has 3 aromatic heterocycles. The zero-order valence-corrected chi connectivity index (χ0v) is 19.5. The number of benzene rings is 1. The Morgan fingerprint density at radius 1 is 1.22 bits per heavy atom. The number of methoxy groups -OCH3 is 1. The van der Waals surface area contributed by atoms with Crippen molar-refractivity contribution >= 4 is 28.3 Å². The van der Waals surface area contributed by atoms with Gasteiger partial charge in [0.15, 0.2) is 12.3 Å². The van der Waals surface area contributed by atoms with Crippen molar-refractivity contribution in [2.24, 2.45) is 7.05 Å². The van der Waals surface area contributed by atoms with Crippen LogP contribution in [0.25, 0.3) is 22.4 Å². The zero-order valence-electron chi connectivity index (χ0n) is 18.7. The standard InChI is InChI=1S/C23H25N5O3S/c1-13-6-8-16(9-7-13)15(3)24-18(29)11-31-19-10-14(2)20-21(27-28(4)22(20)26-19)17-12-32-23(25-17)30-5/h6-10,12,15H,11H2,1-5H3,(H,24,29). The Kier molecular flexibility index (Phi) is 6.09. The van der Waals surface area contributed by atoms with Crippen molar-refractivity contribution in [3.05, 3.63) is 52.4 Å². The van der Waals surface area contributed by atoms with Gasteiger partial charge in [-0.2, -0.15) is 10.1 Å². The SMILES string of the molecule is COc1nc(-c2nn(C)c3nc(OCC(=O)NC(C)c4ccc(C)cc4)cc(C)c23)cs1. The molecule has 1 amide bonds. The van der Waals surface area contributed by atoms with Crippen molar-refractivity contribution in [2.45, 2.75) is 26.8 Å². The van der Waals surface area contributed by atoms with E-state index < -0.39 is 0 Å². The summed E-state index contributed by atoms with van der Waals surface area (Å²) in [5.74, 6) is 0.163.